The van der Waals surface area contributed by atoms with Crippen LogP contribution in [0.2, 0.25) is 0 Å². The molecule has 0 radical (unpaired) electrons. The Kier molecular flexibility index (Phi) is 4.53. The lowest BCUT2D eigenvalue weighted by Gasteiger charge is -2.26. The van der Waals surface area contributed by atoms with E-state index >= 15 is 0 Å². The highest BCUT2D eigenvalue weighted by Gasteiger charge is 2.45. The lowest BCUT2D eigenvalue weighted by atomic mass is 10.1. The maximum absolute atomic E-state index is 12.8. The molecule has 1 fully saturated rings. The number of rotatable bonds is 3. The molecule has 7 nitrogen and oxygen atoms in total. The maximum atomic E-state index is 12.8. The highest BCUT2D eigenvalue weighted by atomic mass is 16.2. The second-order valence-corrected chi connectivity index (χ2v) is 8.04. The van der Waals surface area contributed by atoms with Gasteiger partial charge in [0.05, 0.1) is 11.7 Å². The smallest absolute Gasteiger partial charge is 0.323 e. The molecule has 0 spiro atoms. The van der Waals surface area contributed by atoms with Gasteiger partial charge >= 0.3 is 12.1 Å². The first-order valence-corrected chi connectivity index (χ1v) is 9.66. The first kappa shape index (κ1) is 19.0. The van der Waals surface area contributed by atoms with E-state index in [4.69, 9.17) is 0 Å². The number of imide groups is 1. The normalized spacial score (nSPS) is 19.7. The van der Waals surface area contributed by atoms with Crippen LogP contribution in [-0.4, -0.2) is 35.5 Å². The van der Waals surface area contributed by atoms with E-state index in [1.807, 2.05) is 12.1 Å². The van der Waals surface area contributed by atoms with Crippen molar-refractivity contribution in [3.05, 3.63) is 59.7 Å². The van der Waals surface area contributed by atoms with Gasteiger partial charge in [-0.2, -0.15) is 0 Å². The summed E-state index contributed by atoms with van der Waals surface area (Å²) < 4.78 is 0. The molecule has 2 N–H and O–H groups in total. The molecular weight excluding hydrogens is 368 g/mol. The van der Waals surface area contributed by atoms with E-state index in [2.05, 4.69) is 22.8 Å². The predicted octanol–water partition coefficient (Wildman–Crippen LogP) is 3.67. The van der Waals surface area contributed by atoms with Crippen LogP contribution in [0.1, 0.15) is 37.4 Å². The first-order valence-electron chi connectivity index (χ1n) is 9.66. The summed E-state index contributed by atoms with van der Waals surface area (Å²) in [6.07, 6.45) is 1.84. The number of nitrogens with one attached hydrogen (secondary N) is 2. The third-order valence-corrected chi connectivity index (χ3v) is 5.60. The summed E-state index contributed by atoms with van der Waals surface area (Å²) in [5.74, 6) is -0.328. The monoisotopic (exact) mass is 392 g/mol. The van der Waals surface area contributed by atoms with E-state index in [0.29, 0.717) is 11.4 Å². The van der Waals surface area contributed by atoms with Crippen LogP contribution in [0.4, 0.5) is 21.0 Å². The highest BCUT2D eigenvalue weighted by Crippen LogP contribution is 2.35. The molecule has 2 aliphatic rings. The van der Waals surface area contributed by atoms with Crippen LogP contribution >= 0.6 is 0 Å². The summed E-state index contributed by atoms with van der Waals surface area (Å²) in [5.41, 5.74) is 2.45. The van der Waals surface area contributed by atoms with Gasteiger partial charge in [-0.3, -0.25) is 4.79 Å². The summed E-state index contributed by atoms with van der Waals surface area (Å²) in [6.45, 7) is 3.32. The third kappa shape index (κ3) is 3.33. The molecular formula is C22H24N4O3. The van der Waals surface area contributed by atoms with Crippen molar-refractivity contribution in [2.24, 2.45) is 0 Å². The quantitative estimate of drug-likeness (QED) is 0.782. The van der Waals surface area contributed by atoms with E-state index in [9.17, 15) is 14.4 Å². The lowest BCUT2D eigenvalue weighted by Crippen LogP contribution is -2.40. The zero-order valence-electron chi connectivity index (χ0n) is 16.7. The molecule has 0 unspecified atom stereocenters. The Labute approximate surface area is 169 Å². The zero-order chi connectivity index (χ0) is 20.8. The molecule has 1 aliphatic carbocycles. The highest BCUT2D eigenvalue weighted by molar-refractivity contribution is 6.23. The number of aryl methyl sites for hydroxylation is 1. The number of hydrogen-bond donors (Lipinski definition) is 2. The zero-order valence-corrected chi connectivity index (χ0v) is 16.7. The molecule has 150 valence electrons. The molecule has 29 heavy (non-hydrogen) atoms. The van der Waals surface area contributed by atoms with E-state index in [1.165, 1.54) is 11.1 Å². The molecule has 2 aromatic carbocycles. The third-order valence-electron chi connectivity index (χ3n) is 5.60. The summed E-state index contributed by atoms with van der Waals surface area (Å²) in [7, 11) is 1.78. The van der Waals surface area contributed by atoms with Crippen molar-refractivity contribution in [3.63, 3.8) is 0 Å². The van der Waals surface area contributed by atoms with Gasteiger partial charge in [-0.1, -0.05) is 30.3 Å². The molecule has 4 rings (SSSR count). The second-order valence-electron chi connectivity index (χ2n) is 8.04. The van der Waals surface area contributed by atoms with E-state index in [0.717, 1.165) is 17.7 Å². The van der Waals surface area contributed by atoms with Crippen molar-refractivity contribution < 1.29 is 14.4 Å². The van der Waals surface area contributed by atoms with Crippen molar-refractivity contribution >= 4 is 29.3 Å². The molecule has 7 heteroatoms. The number of amides is 5. The van der Waals surface area contributed by atoms with Gasteiger partial charge in [0, 0.05) is 12.7 Å². The molecule has 5 amide bonds. The summed E-state index contributed by atoms with van der Waals surface area (Å²) in [6, 6.07) is 14.3. The Morgan fingerprint density at radius 3 is 2.66 bits per heavy atom. The van der Waals surface area contributed by atoms with Crippen LogP contribution in [0.25, 0.3) is 0 Å². The van der Waals surface area contributed by atoms with E-state index in [1.54, 1.807) is 50.1 Å². The molecule has 2 aromatic rings. The van der Waals surface area contributed by atoms with E-state index < -0.39 is 11.6 Å². The minimum absolute atomic E-state index is 0.0288. The van der Waals surface area contributed by atoms with Gasteiger partial charge in [0.25, 0.3) is 5.91 Å². The minimum Gasteiger partial charge on any atom is -0.323 e. The van der Waals surface area contributed by atoms with Gasteiger partial charge in [0.1, 0.15) is 5.54 Å². The SMILES string of the molecule is CN(C(=O)Nc1cccc(N2C(=O)NC(C)(C)C2=O)c1)[C@@H]1CCc2ccccc21. The summed E-state index contributed by atoms with van der Waals surface area (Å²) >= 11 is 0. The van der Waals surface area contributed by atoms with Crippen LogP contribution in [-0.2, 0) is 11.2 Å². The first-order chi connectivity index (χ1) is 13.8. The molecule has 0 saturated carbocycles. The number of hydrogen-bond acceptors (Lipinski definition) is 3. The number of nitrogens with zero attached hydrogens (tertiary/aromatic N) is 2. The van der Waals surface area contributed by atoms with Gasteiger partial charge in [-0.25, -0.2) is 14.5 Å². The molecule has 1 atom stereocenters. The Hall–Kier alpha value is -3.35. The Balaban J connectivity index is 1.51. The van der Waals surface area contributed by atoms with Gasteiger partial charge in [-0.15, -0.1) is 0 Å². The number of carbonyl (C=O) groups is 3. The van der Waals surface area contributed by atoms with Crippen LogP contribution in [0.3, 0.4) is 0 Å². The molecule has 1 aliphatic heterocycles. The van der Waals surface area contributed by atoms with Crippen molar-refractivity contribution in [3.8, 4) is 0 Å². The Bertz CT molecular complexity index is 1000. The lowest BCUT2D eigenvalue weighted by molar-refractivity contribution is -0.121. The fourth-order valence-corrected chi connectivity index (χ4v) is 4.00. The fraction of sp³-hybridized carbons (Fsp3) is 0.318. The van der Waals surface area contributed by atoms with Gasteiger partial charge in [0.15, 0.2) is 0 Å². The number of anilines is 2. The van der Waals surface area contributed by atoms with Crippen LogP contribution in [0.15, 0.2) is 48.5 Å². The topological polar surface area (TPSA) is 81.8 Å². The van der Waals surface area contributed by atoms with Crippen molar-refractivity contribution in [1.29, 1.82) is 0 Å². The standard InChI is InChI=1S/C22H24N4O3/c1-22(2)19(27)26(21(29)24-22)16-9-6-8-15(13-16)23-20(28)25(3)18-12-11-14-7-4-5-10-17(14)18/h4-10,13,18H,11-12H2,1-3H3,(H,23,28)(H,24,29)/t18-/m1/s1. The van der Waals surface area contributed by atoms with Gasteiger partial charge in [0.2, 0.25) is 0 Å². The van der Waals surface area contributed by atoms with Crippen molar-refractivity contribution in [1.82, 2.24) is 10.2 Å². The number of fused-ring (bicyclic) bond motifs is 1. The molecule has 0 bridgehead atoms. The van der Waals surface area contributed by atoms with Crippen molar-refractivity contribution in [2.45, 2.75) is 38.3 Å². The van der Waals surface area contributed by atoms with Gasteiger partial charge < -0.3 is 15.5 Å². The average Bonchev–Trinajstić information content (AvgIpc) is 3.19. The number of carbonyl (C=O) groups excluding carboxylic acids is 3. The Morgan fingerprint density at radius 1 is 1.17 bits per heavy atom. The van der Waals surface area contributed by atoms with E-state index in [-0.39, 0.29) is 18.0 Å². The van der Waals surface area contributed by atoms with Crippen LogP contribution < -0.4 is 15.5 Å². The number of benzene rings is 2. The molecule has 1 heterocycles. The molecule has 1 saturated heterocycles. The second kappa shape index (κ2) is 6.92. The van der Waals surface area contributed by atoms with Crippen LogP contribution in [0.5, 0.6) is 0 Å². The minimum atomic E-state index is -0.952. The summed E-state index contributed by atoms with van der Waals surface area (Å²) in [4.78, 5) is 40.4. The van der Waals surface area contributed by atoms with Gasteiger partial charge in [-0.05, 0) is 56.0 Å². The largest absolute Gasteiger partial charge is 0.329 e. The summed E-state index contributed by atoms with van der Waals surface area (Å²) in [5, 5.41) is 5.54. The molecule has 0 aromatic heterocycles. The average molecular weight is 392 g/mol. The predicted molar refractivity (Wildman–Crippen MR) is 111 cm³/mol. The number of urea groups is 2. The van der Waals surface area contributed by atoms with Crippen LogP contribution in [0, 0.1) is 0 Å². The maximum Gasteiger partial charge on any atom is 0.329 e. The van der Waals surface area contributed by atoms with Crippen molar-refractivity contribution in [2.75, 3.05) is 17.3 Å². The Morgan fingerprint density at radius 2 is 1.93 bits per heavy atom. The fourth-order valence-electron chi connectivity index (χ4n) is 4.00.